The number of nitrogens with zero attached hydrogens (tertiary/aromatic N) is 1. The van der Waals surface area contributed by atoms with Crippen molar-refractivity contribution in [3.05, 3.63) is 51.5 Å². The Hall–Kier alpha value is -0.320. The second-order valence-electron chi connectivity index (χ2n) is 3.37. The molecule has 0 amide bonds. The monoisotopic (exact) mass is 362 g/mol. The van der Waals surface area contributed by atoms with Crippen LogP contribution in [0.4, 0.5) is 0 Å². The highest BCUT2D eigenvalue weighted by Crippen LogP contribution is 2.33. The zero-order valence-electron chi connectivity index (χ0n) is 8.25. The van der Waals surface area contributed by atoms with Gasteiger partial charge in [0, 0.05) is 33.1 Å². The number of hydrogen-bond donors (Lipinski definition) is 1. The highest BCUT2D eigenvalue weighted by molar-refractivity contribution is 9.11. The molecule has 16 heavy (non-hydrogen) atoms. The maximum Gasteiger partial charge on any atom is 0.107 e. The average Bonchev–Trinajstić information content (AvgIpc) is 2.74. The number of nitrogens with one attached hydrogen (secondary N) is 1. The Balaban J connectivity index is 2.20. The number of hydrogen-bond acceptors (Lipinski definition) is 1. The smallest absolute Gasteiger partial charge is 0.107 e. The molecule has 1 aromatic heterocycles. The summed E-state index contributed by atoms with van der Waals surface area (Å²) in [5, 5.41) is 0.738. The molecule has 2 nitrogen and oxygen atoms in total. The molecule has 1 unspecified atom stereocenters. The van der Waals surface area contributed by atoms with Crippen LogP contribution >= 0.6 is 43.5 Å². The van der Waals surface area contributed by atoms with E-state index in [2.05, 4.69) is 41.8 Å². The van der Waals surface area contributed by atoms with Crippen LogP contribution in [0.15, 0.2) is 35.1 Å². The lowest BCUT2D eigenvalue weighted by Gasteiger charge is -2.11. The lowest BCUT2D eigenvalue weighted by Crippen LogP contribution is -1.98. The summed E-state index contributed by atoms with van der Waals surface area (Å²) in [6.45, 7) is 0. The predicted octanol–water partition coefficient (Wildman–Crippen LogP) is 4.50. The lowest BCUT2D eigenvalue weighted by molar-refractivity contribution is 0.873. The maximum atomic E-state index is 5.98. The van der Waals surface area contributed by atoms with Crippen LogP contribution in [-0.2, 0) is 6.42 Å². The van der Waals surface area contributed by atoms with Crippen molar-refractivity contribution >= 4 is 43.5 Å². The SMILES string of the molecule is Clc1ccc(Br)c(C(Br)Cc2ncc[nH]2)c1. The van der Waals surface area contributed by atoms with Crippen LogP contribution in [0.25, 0.3) is 0 Å². The molecular weight excluding hydrogens is 355 g/mol. The van der Waals surface area contributed by atoms with Crippen LogP contribution in [-0.4, -0.2) is 9.97 Å². The zero-order chi connectivity index (χ0) is 11.5. The molecule has 5 heteroatoms. The molecule has 0 fully saturated rings. The van der Waals surface area contributed by atoms with Crippen molar-refractivity contribution in [1.82, 2.24) is 9.97 Å². The van der Waals surface area contributed by atoms with E-state index in [0.717, 1.165) is 27.3 Å². The number of rotatable bonds is 3. The van der Waals surface area contributed by atoms with Crippen molar-refractivity contribution in [3.8, 4) is 0 Å². The van der Waals surface area contributed by atoms with E-state index in [-0.39, 0.29) is 4.83 Å². The summed E-state index contributed by atoms with van der Waals surface area (Å²) < 4.78 is 1.05. The fourth-order valence-corrected chi connectivity index (χ4v) is 3.14. The molecule has 1 aromatic carbocycles. The van der Waals surface area contributed by atoms with Crippen LogP contribution in [0.2, 0.25) is 5.02 Å². The summed E-state index contributed by atoms with van der Waals surface area (Å²) in [7, 11) is 0. The predicted molar refractivity (Wildman–Crippen MR) is 73.1 cm³/mol. The van der Waals surface area contributed by atoms with Crippen molar-refractivity contribution in [2.75, 3.05) is 0 Å². The molecule has 0 saturated heterocycles. The lowest BCUT2D eigenvalue weighted by atomic mass is 10.1. The Labute approximate surface area is 116 Å². The second-order valence-corrected chi connectivity index (χ2v) is 5.77. The normalized spacial score (nSPS) is 12.7. The molecule has 0 saturated carbocycles. The zero-order valence-corrected chi connectivity index (χ0v) is 12.2. The van der Waals surface area contributed by atoms with Crippen LogP contribution < -0.4 is 0 Å². The highest BCUT2D eigenvalue weighted by atomic mass is 79.9. The number of aromatic nitrogens is 2. The number of halogens is 3. The molecule has 0 radical (unpaired) electrons. The third-order valence-electron chi connectivity index (χ3n) is 2.22. The van der Waals surface area contributed by atoms with Crippen molar-refractivity contribution in [2.24, 2.45) is 0 Å². The Morgan fingerprint density at radius 3 is 2.94 bits per heavy atom. The Kier molecular flexibility index (Phi) is 4.05. The molecule has 1 atom stereocenters. The van der Waals surface area contributed by atoms with E-state index in [1.165, 1.54) is 0 Å². The van der Waals surface area contributed by atoms with E-state index in [0.29, 0.717) is 0 Å². The molecule has 0 aliphatic rings. The molecule has 0 aliphatic heterocycles. The van der Waals surface area contributed by atoms with E-state index in [4.69, 9.17) is 11.6 Å². The van der Waals surface area contributed by atoms with Gasteiger partial charge in [0.1, 0.15) is 5.82 Å². The van der Waals surface area contributed by atoms with Gasteiger partial charge < -0.3 is 4.98 Å². The van der Waals surface area contributed by atoms with E-state index >= 15 is 0 Å². The van der Waals surface area contributed by atoms with E-state index in [1.807, 2.05) is 24.4 Å². The van der Waals surface area contributed by atoms with Gasteiger partial charge in [-0.05, 0) is 23.8 Å². The first-order chi connectivity index (χ1) is 7.66. The molecule has 84 valence electrons. The fourth-order valence-electron chi connectivity index (χ4n) is 1.44. The van der Waals surface area contributed by atoms with Crippen LogP contribution in [0.5, 0.6) is 0 Å². The first-order valence-corrected chi connectivity index (χ1v) is 6.83. The van der Waals surface area contributed by atoms with Crippen LogP contribution in [0.1, 0.15) is 16.2 Å². The molecule has 0 bridgehead atoms. The highest BCUT2D eigenvalue weighted by Gasteiger charge is 2.13. The molecule has 2 aromatic rings. The summed E-state index contributed by atoms with van der Waals surface area (Å²) in [6.07, 6.45) is 4.37. The Bertz CT molecular complexity index is 471. The van der Waals surface area contributed by atoms with E-state index in [1.54, 1.807) is 6.20 Å². The maximum absolute atomic E-state index is 5.98. The summed E-state index contributed by atoms with van der Waals surface area (Å²) in [4.78, 5) is 7.47. The van der Waals surface area contributed by atoms with Gasteiger partial charge in [0.05, 0.1) is 0 Å². The molecule has 1 heterocycles. The van der Waals surface area contributed by atoms with Gasteiger partial charge in [-0.1, -0.05) is 43.5 Å². The molecule has 1 N–H and O–H groups in total. The Morgan fingerprint density at radius 2 is 2.25 bits per heavy atom. The standard InChI is InChI=1S/C11H9Br2ClN2/c12-9-2-1-7(14)5-8(9)10(13)6-11-15-3-4-16-11/h1-5,10H,6H2,(H,15,16). The molecule has 0 aliphatic carbocycles. The van der Waals surface area contributed by atoms with Crippen molar-refractivity contribution in [2.45, 2.75) is 11.2 Å². The van der Waals surface area contributed by atoms with Gasteiger partial charge in [0.25, 0.3) is 0 Å². The summed E-state index contributed by atoms with van der Waals surface area (Å²) in [5.41, 5.74) is 1.13. The summed E-state index contributed by atoms with van der Waals surface area (Å²) >= 11 is 13.1. The van der Waals surface area contributed by atoms with Crippen LogP contribution in [0, 0.1) is 0 Å². The Morgan fingerprint density at radius 1 is 1.44 bits per heavy atom. The van der Waals surface area contributed by atoms with Gasteiger partial charge in [-0.25, -0.2) is 4.98 Å². The fraction of sp³-hybridized carbons (Fsp3) is 0.182. The third kappa shape index (κ3) is 2.87. The largest absolute Gasteiger partial charge is 0.349 e. The van der Waals surface area contributed by atoms with Gasteiger partial charge in [-0.2, -0.15) is 0 Å². The molecular formula is C11H9Br2ClN2. The minimum atomic E-state index is 0.187. The van der Waals surface area contributed by atoms with E-state index < -0.39 is 0 Å². The van der Waals surface area contributed by atoms with Gasteiger partial charge in [-0.15, -0.1) is 0 Å². The second kappa shape index (κ2) is 5.34. The minimum Gasteiger partial charge on any atom is -0.349 e. The summed E-state index contributed by atoms with van der Waals surface area (Å²) in [6, 6.07) is 5.77. The van der Waals surface area contributed by atoms with Crippen molar-refractivity contribution < 1.29 is 0 Å². The van der Waals surface area contributed by atoms with Gasteiger partial charge in [0.15, 0.2) is 0 Å². The van der Waals surface area contributed by atoms with Gasteiger partial charge in [-0.3, -0.25) is 0 Å². The summed E-state index contributed by atoms with van der Waals surface area (Å²) in [5.74, 6) is 0.953. The van der Waals surface area contributed by atoms with Gasteiger partial charge >= 0.3 is 0 Å². The number of aromatic amines is 1. The third-order valence-corrected chi connectivity index (χ3v) is 4.00. The number of alkyl halides is 1. The quantitative estimate of drug-likeness (QED) is 0.798. The van der Waals surface area contributed by atoms with Crippen LogP contribution in [0.3, 0.4) is 0 Å². The van der Waals surface area contributed by atoms with Crippen molar-refractivity contribution in [1.29, 1.82) is 0 Å². The number of imidazole rings is 1. The molecule has 2 rings (SSSR count). The first kappa shape index (κ1) is 12.1. The average molecular weight is 364 g/mol. The number of H-pyrrole nitrogens is 1. The first-order valence-electron chi connectivity index (χ1n) is 4.74. The number of benzene rings is 1. The topological polar surface area (TPSA) is 28.7 Å². The minimum absolute atomic E-state index is 0.187. The van der Waals surface area contributed by atoms with E-state index in [9.17, 15) is 0 Å². The van der Waals surface area contributed by atoms with Gasteiger partial charge in [0.2, 0.25) is 0 Å². The molecule has 0 spiro atoms. The van der Waals surface area contributed by atoms with Crippen molar-refractivity contribution in [3.63, 3.8) is 0 Å².